The number of fused-ring (bicyclic) bond motifs is 3. The van der Waals surface area contributed by atoms with E-state index in [1.165, 1.54) is 12.1 Å². The minimum absolute atomic E-state index is 0.0196. The molecule has 1 aromatic heterocycles. The second kappa shape index (κ2) is 3.07. The van der Waals surface area contributed by atoms with Gasteiger partial charge in [-0.2, -0.15) is 0 Å². The van der Waals surface area contributed by atoms with Gasteiger partial charge in [-0.25, -0.2) is 12.8 Å². The molecule has 1 aliphatic heterocycles. The Morgan fingerprint density at radius 3 is 2.94 bits per heavy atom. The highest BCUT2D eigenvalue weighted by Gasteiger charge is 2.24. The van der Waals surface area contributed by atoms with E-state index in [0.29, 0.717) is 11.8 Å². The van der Waals surface area contributed by atoms with Crippen LogP contribution in [0.5, 0.6) is 0 Å². The molecule has 0 bridgehead atoms. The summed E-state index contributed by atoms with van der Waals surface area (Å²) in [7, 11) is -3.01. The fourth-order valence-corrected chi connectivity index (χ4v) is 3.63. The number of benzene rings is 1. The molecule has 2 aromatic rings. The van der Waals surface area contributed by atoms with Crippen LogP contribution in [0.3, 0.4) is 0 Å². The first-order valence-corrected chi connectivity index (χ1v) is 6.87. The summed E-state index contributed by atoms with van der Waals surface area (Å²) < 4.78 is 36.2. The first-order chi connectivity index (χ1) is 7.55. The fourth-order valence-electron chi connectivity index (χ4n) is 2.20. The van der Waals surface area contributed by atoms with Crippen molar-refractivity contribution in [3.8, 4) is 0 Å². The van der Waals surface area contributed by atoms with E-state index in [1.807, 2.05) is 0 Å². The standard InChI is InChI=1S/C11H10FNO2S/c12-7-1-2-10-8(5-7)9-6-16(14,15)4-3-11(9)13-10/h1-2,5,13H,3-4,6H2. The third-order valence-electron chi connectivity index (χ3n) is 2.98. The van der Waals surface area contributed by atoms with Crippen LogP contribution in [-0.4, -0.2) is 19.2 Å². The number of H-pyrrole nitrogens is 1. The average molecular weight is 239 g/mol. The van der Waals surface area contributed by atoms with E-state index < -0.39 is 9.84 Å². The topological polar surface area (TPSA) is 49.9 Å². The van der Waals surface area contributed by atoms with Gasteiger partial charge in [-0.15, -0.1) is 0 Å². The molecule has 84 valence electrons. The van der Waals surface area contributed by atoms with Crippen LogP contribution in [0.4, 0.5) is 4.39 Å². The molecule has 1 aromatic carbocycles. The molecule has 5 heteroatoms. The number of hydrogen-bond acceptors (Lipinski definition) is 2. The van der Waals surface area contributed by atoms with Gasteiger partial charge in [0.2, 0.25) is 0 Å². The minimum atomic E-state index is -3.01. The lowest BCUT2D eigenvalue weighted by molar-refractivity contribution is 0.591. The van der Waals surface area contributed by atoms with E-state index in [4.69, 9.17) is 0 Å². The summed E-state index contributed by atoms with van der Waals surface area (Å²) in [4.78, 5) is 3.15. The smallest absolute Gasteiger partial charge is 0.154 e. The molecular weight excluding hydrogens is 229 g/mol. The van der Waals surface area contributed by atoms with Crippen LogP contribution in [0, 0.1) is 5.82 Å². The summed E-state index contributed by atoms with van der Waals surface area (Å²) in [5.41, 5.74) is 2.47. The molecule has 1 aliphatic rings. The van der Waals surface area contributed by atoms with Gasteiger partial charge in [0.15, 0.2) is 9.84 Å². The first kappa shape index (κ1) is 9.84. The van der Waals surface area contributed by atoms with Crippen molar-refractivity contribution in [2.75, 3.05) is 5.75 Å². The molecule has 0 aliphatic carbocycles. The van der Waals surface area contributed by atoms with Crippen LogP contribution in [0.15, 0.2) is 18.2 Å². The largest absolute Gasteiger partial charge is 0.358 e. The Hall–Kier alpha value is -1.36. The van der Waals surface area contributed by atoms with Crippen LogP contribution in [0.25, 0.3) is 10.9 Å². The van der Waals surface area contributed by atoms with Gasteiger partial charge in [0.1, 0.15) is 5.82 Å². The van der Waals surface area contributed by atoms with Crippen molar-refractivity contribution in [1.82, 2.24) is 4.98 Å². The summed E-state index contributed by atoms with van der Waals surface area (Å²) in [6, 6.07) is 4.42. The van der Waals surface area contributed by atoms with Crippen molar-refractivity contribution in [2.45, 2.75) is 12.2 Å². The van der Waals surface area contributed by atoms with Gasteiger partial charge in [-0.3, -0.25) is 0 Å². The molecule has 3 nitrogen and oxygen atoms in total. The molecule has 0 amide bonds. The zero-order valence-electron chi connectivity index (χ0n) is 8.46. The Bertz CT molecular complexity index is 673. The first-order valence-electron chi connectivity index (χ1n) is 5.04. The zero-order valence-corrected chi connectivity index (χ0v) is 9.27. The molecule has 0 unspecified atom stereocenters. The zero-order chi connectivity index (χ0) is 11.3. The van der Waals surface area contributed by atoms with Gasteiger partial charge in [-0.05, 0) is 23.8 Å². The second-order valence-corrected chi connectivity index (χ2v) is 6.30. The molecular formula is C11H10FNO2S. The number of aryl methyl sites for hydroxylation is 1. The van der Waals surface area contributed by atoms with E-state index in [1.54, 1.807) is 6.07 Å². The van der Waals surface area contributed by atoms with E-state index in [-0.39, 0.29) is 17.3 Å². The highest BCUT2D eigenvalue weighted by molar-refractivity contribution is 7.90. The Balaban J connectivity index is 2.31. The van der Waals surface area contributed by atoms with Crippen molar-refractivity contribution in [1.29, 1.82) is 0 Å². The molecule has 0 saturated carbocycles. The Morgan fingerprint density at radius 2 is 2.12 bits per heavy atom. The Kier molecular flexibility index (Phi) is 1.89. The third-order valence-corrected chi connectivity index (χ3v) is 4.54. The molecule has 3 rings (SSSR count). The second-order valence-electron chi connectivity index (χ2n) is 4.11. The molecule has 0 spiro atoms. The maximum atomic E-state index is 13.1. The maximum absolute atomic E-state index is 13.1. The molecule has 0 atom stereocenters. The summed E-state index contributed by atoms with van der Waals surface area (Å²) >= 11 is 0. The van der Waals surface area contributed by atoms with Crippen molar-refractivity contribution in [3.63, 3.8) is 0 Å². The number of nitrogens with one attached hydrogen (secondary N) is 1. The molecule has 0 radical (unpaired) electrons. The van der Waals surface area contributed by atoms with Crippen LogP contribution in [-0.2, 0) is 22.0 Å². The number of sulfone groups is 1. The van der Waals surface area contributed by atoms with Crippen LogP contribution in [0.1, 0.15) is 11.3 Å². The van der Waals surface area contributed by atoms with E-state index in [2.05, 4.69) is 4.98 Å². The van der Waals surface area contributed by atoms with Crippen LogP contribution < -0.4 is 0 Å². The summed E-state index contributed by atoms with van der Waals surface area (Å²) in [6.07, 6.45) is 0.494. The molecule has 0 fully saturated rings. The molecule has 2 heterocycles. The van der Waals surface area contributed by atoms with Crippen LogP contribution in [0.2, 0.25) is 0 Å². The predicted octanol–water partition coefficient (Wildman–Crippen LogP) is 1.78. The summed E-state index contributed by atoms with van der Waals surface area (Å²) in [5.74, 6) is -0.140. The monoisotopic (exact) mass is 239 g/mol. The number of aromatic nitrogens is 1. The average Bonchev–Trinajstić information content (AvgIpc) is 2.55. The molecule has 16 heavy (non-hydrogen) atoms. The number of aromatic amines is 1. The van der Waals surface area contributed by atoms with Crippen molar-refractivity contribution in [2.24, 2.45) is 0 Å². The van der Waals surface area contributed by atoms with Crippen molar-refractivity contribution < 1.29 is 12.8 Å². The Labute approximate surface area is 92.2 Å². The lowest BCUT2D eigenvalue weighted by atomic mass is 10.1. The Morgan fingerprint density at radius 1 is 1.31 bits per heavy atom. The molecule has 1 N–H and O–H groups in total. The highest BCUT2D eigenvalue weighted by atomic mass is 32.2. The van der Waals surface area contributed by atoms with Gasteiger partial charge < -0.3 is 4.98 Å². The number of halogens is 1. The lowest BCUT2D eigenvalue weighted by Crippen LogP contribution is -2.18. The van der Waals surface area contributed by atoms with E-state index >= 15 is 0 Å². The normalized spacial score (nSPS) is 18.6. The maximum Gasteiger partial charge on any atom is 0.154 e. The van der Waals surface area contributed by atoms with Crippen molar-refractivity contribution in [3.05, 3.63) is 35.3 Å². The van der Waals surface area contributed by atoms with E-state index in [9.17, 15) is 12.8 Å². The third kappa shape index (κ3) is 1.43. The summed E-state index contributed by atoms with van der Waals surface area (Å²) in [6.45, 7) is 0. The predicted molar refractivity (Wildman–Crippen MR) is 59.5 cm³/mol. The van der Waals surface area contributed by atoms with Gasteiger partial charge >= 0.3 is 0 Å². The molecule has 0 saturated heterocycles. The minimum Gasteiger partial charge on any atom is -0.358 e. The number of hydrogen-bond donors (Lipinski definition) is 1. The van der Waals surface area contributed by atoms with E-state index in [0.717, 1.165) is 16.8 Å². The fraction of sp³-hybridized carbons (Fsp3) is 0.273. The summed E-state index contributed by atoms with van der Waals surface area (Å²) in [5, 5.41) is 0.693. The quantitative estimate of drug-likeness (QED) is 0.761. The SMILES string of the molecule is O=S1(=O)CCc2[nH]c3ccc(F)cc3c2C1. The van der Waals surface area contributed by atoms with Gasteiger partial charge in [-0.1, -0.05) is 0 Å². The van der Waals surface area contributed by atoms with Gasteiger partial charge in [0, 0.05) is 23.0 Å². The van der Waals surface area contributed by atoms with Crippen LogP contribution >= 0.6 is 0 Å². The van der Waals surface area contributed by atoms with Gasteiger partial charge in [0.05, 0.1) is 11.5 Å². The lowest BCUT2D eigenvalue weighted by Gasteiger charge is -2.11. The highest BCUT2D eigenvalue weighted by Crippen LogP contribution is 2.29. The number of rotatable bonds is 0. The van der Waals surface area contributed by atoms with Gasteiger partial charge in [0.25, 0.3) is 0 Å². The van der Waals surface area contributed by atoms with Crippen molar-refractivity contribution >= 4 is 20.7 Å².